The summed E-state index contributed by atoms with van der Waals surface area (Å²) in [7, 11) is 0. The molecule has 9 heteroatoms. The monoisotopic (exact) mass is 391 g/mol. The third kappa shape index (κ3) is 2.21. The van der Waals surface area contributed by atoms with E-state index in [4.69, 9.17) is 4.74 Å². The van der Waals surface area contributed by atoms with Crippen LogP contribution >= 0.6 is 11.3 Å². The Bertz CT molecular complexity index is 1050. The van der Waals surface area contributed by atoms with Crippen molar-refractivity contribution < 1.29 is 23.0 Å². The number of aliphatic hydroxyl groups is 1. The number of alkyl halides is 3. The van der Waals surface area contributed by atoms with Gasteiger partial charge in [-0.25, -0.2) is 4.98 Å². The first-order chi connectivity index (χ1) is 12.9. The van der Waals surface area contributed by atoms with Gasteiger partial charge in [-0.05, 0) is 24.3 Å². The average molecular weight is 391 g/mol. The molecular formula is C18H12F3N3O2S. The molecule has 0 saturated heterocycles. The second-order valence-corrected chi connectivity index (χ2v) is 7.35. The summed E-state index contributed by atoms with van der Waals surface area (Å²) in [5.41, 5.74) is -2.09. The van der Waals surface area contributed by atoms with Crippen molar-refractivity contribution in [2.24, 2.45) is 11.0 Å². The molecule has 0 amide bonds. The van der Waals surface area contributed by atoms with E-state index in [0.717, 1.165) is 11.3 Å². The fourth-order valence-corrected chi connectivity index (χ4v) is 4.43. The van der Waals surface area contributed by atoms with Gasteiger partial charge in [0.25, 0.3) is 5.72 Å². The van der Waals surface area contributed by atoms with E-state index in [1.54, 1.807) is 48.5 Å². The molecule has 2 aromatic carbocycles. The Kier molecular flexibility index (Phi) is 3.32. The molecule has 0 aliphatic carbocycles. The van der Waals surface area contributed by atoms with Gasteiger partial charge in [-0.2, -0.15) is 23.3 Å². The van der Waals surface area contributed by atoms with Crippen LogP contribution in [0.15, 0.2) is 53.6 Å². The number of nitrogens with zero attached hydrogens (tertiary/aromatic N) is 3. The molecular weight excluding hydrogens is 379 g/mol. The highest BCUT2D eigenvalue weighted by Gasteiger charge is 2.69. The number of fused-ring (bicyclic) bond motifs is 4. The number of hydrazone groups is 1. The molecule has 1 aromatic heterocycles. The van der Waals surface area contributed by atoms with Gasteiger partial charge in [0.1, 0.15) is 12.4 Å². The third-order valence-electron chi connectivity index (χ3n) is 4.80. The summed E-state index contributed by atoms with van der Waals surface area (Å²) >= 11 is 1.05. The van der Waals surface area contributed by atoms with E-state index < -0.39 is 17.8 Å². The Hall–Kier alpha value is -2.65. The van der Waals surface area contributed by atoms with Crippen LogP contribution < -0.4 is 9.75 Å². The maximum atomic E-state index is 14.0. The summed E-state index contributed by atoms with van der Waals surface area (Å²) in [6.45, 7) is -0.326. The maximum absolute atomic E-state index is 14.0. The highest BCUT2D eigenvalue weighted by molar-refractivity contribution is 7.22. The largest absolute Gasteiger partial charge is 0.492 e. The molecule has 3 heterocycles. The quantitative estimate of drug-likeness (QED) is 0.686. The number of para-hydroxylation sites is 2. The molecule has 0 spiro atoms. The lowest BCUT2D eigenvalue weighted by Gasteiger charge is -2.38. The van der Waals surface area contributed by atoms with Crippen molar-refractivity contribution in [3.63, 3.8) is 0 Å². The first-order valence-electron chi connectivity index (χ1n) is 8.15. The van der Waals surface area contributed by atoms with Crippen LogP contribution in [-0.2, 0) is 0 Å². The predicted molar refractivity (Wildman–Crippen MR) is 95.1 cm³/mol. The average Bonchev–Trinajstić information content (AvgIpc) is 3.21. The van der Waals surface area contributed by atoms with E-state index >= 15 is 0 Å². The molecule has 3 aromatic rings. The minimum Gasteiger partial charge on any atom is -0.492 e. The Labute approximate surface area is 155 Å². The van der Waals surface area contributed by atoms with Gasteiger partial charge in [-0.3, -0.25) is 0 Å². The van der Waals surface area contributed by atoms with Crippen LogP contribution in [0.2, 0.25) is 0 Å². The molecule has 0 saturated carbocycles. The first-order valence-corrected chi connectivity index (χ1v) is 8.97. The Morgan fingerprint density at radius 3 is 2.67 bits per heavy atom. The first kappa shape index (κ1) is 16.5. The van der Waals surface area contributed by atoms with Crippen molar-refractivity contribution in [1.82, 2.24) is 4.98 Å². The molecule has 0 radical (unpaired) electrons. The van der Waals surface area contributed by atoms with Crippen LogP contribution in [0, 0.1) is 5.92 Å². The van der Waals surface area contributed by atoms with E-state index in [9.17, 15) is 18.3 Å². The third-order valence-corrected chi connectivity index (χ3v) is 5.81. The number of benzene rings is 2. The van der Waals surface area contributed by atoms with Gasteiger partial charge in [0, 0.05) is 5.56 Å². The van der Waals surface area contributed by atoms with Crippen molar-refractivity contribution in [2.75, 3.05) is 11.6 Å². The lowest BCUT2D eigenvalue weighted by Crippen LogP contribution is -2.61. The van der Waals surface area contributed by atoms with Gasteiger partial charge in [0.05, 0.1) is 21.8 Å². The van der Waals surface area contributed by atoms with Crippen molar-refractivity contribution in [1.29, 1.82) is 0 Å². The van der Waals surface area contributed by atoms with Crippen molar-refractivity contribution in [3.8, 4) is 5.75 Å². The van der Waals surface area contributed by atoms with E-state index in [1.807, 2.05) is 0 Å². The molecule has 0 fully saturated rings. The Morgan fingerprint density at radius 2 is 1.89 bits per heavy atom. The zero-order valence-corrected chi connectivity index (χ0v) is 14.5. The van der Waals surface area contributed by atoms with Gasteiger partial charge in [-0.1, -0.05) is 35.6 Å². The Balaban J connectivity index is 1.71. The molecule has 2 aliphatic rings. The number of hydrogen-bond donors (Lipinski definition) is 1. The topological polar surface area (TPSA) is 58.0 Å². The SMILES string of the molecule is O[C@]1(C(F)(F)F)[C@@H]2COc3ccccc3C2=NN1c1nc2ccccc2s1. The van der Waals surface area contributed by atoms with E-state index in [2.05, 4.69) is 10.1 Å². The maximum Gasteiger partial charge on any atom is 0.439 e. The zero-order chi connectivity index (χ0) is 18.8. The lowest BCUT2D eigenvalue weighted by molar-refractivity contribution is -0.270. The number of aromatic nitrogens is 1. The molecule has 1 N–H and O–H groups in total. The molecule has 2 atom stereocenters. The summed E-state index contributed by atoms with van der Waals surface area (Å²) in [4.78, 5) is 4.25. The molecule has 138 valence electrons. The summed E-state index contributed by atoms with van der Waals surface area (Å²) in [6, 6.07) is 13.7. The molecule has 0 unspecified atom stereocenters. The molecule has 2 aliphatic heterocycles. The normalized spacial score (nSPS) is 24.4. The van der Waals surface area contributed by atoms with Crippen LogP contribution in [0.25, 0.3) is 10.2 Å². The van der Waals surface area contributed by atoms with Crippen LogP contribution in [-0.4, -0.2) is 34.3 Å². The number of rotatable bonds is 1. The fourth-order valence-electron chi connectivity index (χ4n) is 3.46. The molecule has 5 nitrogen and oxygen atoms in total. The number of ether oxygens (including phenoxy) is 1. The molecule has 5 rings (SSSR count). The van der Waals surface area contributed by atoms with Crippen LogP contribution in [0.4, 0.5) is 18.3 Å². The highest BCUT2D eigenvalue weighted by atomic mass is 32.1. The zero-order valence-electron chi connectivity index (χ0n) is 13.6. The summed E-state index contributed by atoms with van der Waals surface area (Å²) in [5, 5.41) is 15.6. The number of halogens is 3. The highest BCUT2D eigenvalue weighted by Crippen LogP contribution is 2.50. The van der Waals surface area contributed by atoms with Crippen molar-refractivity contribution in [2.45, 2.75) is 11.9 Å². The van der Waals surface area contributed by atoms with Crippen LogP contribution in [0.1, 0.15) is 5.56 Å². The van der Waals surface area contributed by atoms with Crippen LogP contribution in [0.3, 0.4) is 0 Å². The standard InChI is InChI=1S/C18H12F3N3O2S/c19-18(20,21)17(25)11-9-26-13-7-3-1-5-10(13)15(11)23-24(17)16-22-12-6-2-4-8-14(12)27-16/h1-8,11,25H,9H2/t11-,17+/m1/s1. The number of hydrogen-bond acceptors (Lipinski definition) is 6. The summed E-state index contributed by atoms with van der Waals surface area (Å²) in [5.74, 6) is -0.928. The molecule has 0 bridgehead atoms. The van der Waals surface area contributed by atoms with Crippen molar-refractivity contribution >= 4 is 32.4 Å². The Morgan fingerprint density at radius 1 is 1.15 bits per heavy atom. The second kappa shape index (κ2) is 5.43. The molecule has 27 heavy (non-hydrogen) atoms. The minimum absolute atomic E-state index is 0.0181. The van der Waals surface area contributed by atoms with Gasteiger partial charge < -0.3 is 9.84 Å². The van der Waals surface area contributed by atoms with E-state index in [1.165, 1.54) is 0 Å². The van der Waals surface area contributed by atoms with Gasteiger partial charge >= 0.3 is 6.18 Å². The van der Waals surface area contributed by atoms with Crippen LogP contribution in [0.5, 0.6) is 5.75 Å². The van der Waals surface area contributed by atoms with Gasteiger partial charge in [0.15, 0.2) is 0 Å². The van der Waals surface area contributed by atoms with Gasteiger partial charge in [-0.15, -0.1) is 0 Å². The lowest BCUT2D eigenvalue weighted by atomic mass is 9.86. The van der Waals surface area contributed by atoms with E-state index in [-0.39, 0.29) is 17.5 Å². The fraction of sp³-hybridized carbons (Fsp3) is 0.222. The summed E-state index contributed by atoms with van der Waals surface area (Å²) < 4.78 is 48.3. The minimum atomic E-state index is -4.96. The van der Waals surface area contributed by atoms with E-state index in [0.29, 0.717) is 26.5 Å². The predicted octanol–water partition coefficient (Wildman–Crippen LogP) is 3.78. The summed E-state index contributed by atoms with van der Waals surface area (Å²) in [6.07, 6.45) is -4.96. The van der Waals surface area contributed by atoms with Crippen molar-refractivity contribution in [3.05, 3.63) is 54.1 Å². The second-order valence-electron chi connectivity index (χ2n) is 6.34. The van der Waals surface area contributed by atoms with Gasteiger partial charge in [0.2, 0.25) is 5.13 Å². The number of anilines is 1. The smallest absolute Gasteiger partial charge is 0.439 e. The number of thiazole rings is 1.